The van der Waals surface area contributed by atoms with Crippen molar-refractivity contribution in [3.63, 3.8) is 0 Å². The lowest BCUT2D eigenvalue weighted by Crippen LogP contribution is -2.33. The zero-order chi connectivity index (χ0) is 21.3. The van der Waals surface area contributed by atoms with Gasteiger partial charge in [-0.25, -0.2) is 9.38 Å². The average molecular weight is 403 g/mol. The molecule has 1 amide bonds. The van der Waals surface area contributed by atoms with Gasteiger partial charge in [-0.05, 0) is 68.4 Å². The van der Waals surface area contributed by atoms with Crippen molar-refractivity contribution in [1.82, 2.24) is 4.90 Å². The predicted octanol–water partition coefficient (Wildman–Crippen LogP) is 5.60. The number of rotatable bonds is 3. The normalized spacial score (nSPS) is 12.2. The number of amidine groups is 1. The van der Waals surface area contributed by atoms with E-state index in [0.29, 0.717) is 22.7 Å². The molecule has 4 rings (SSSR count). The quantitative estimate of drug-likeness (QED) is 0.619. The first-order valence-electron chi connectivity index (χ1n) is 9.72. The summed E-state index contributed by atoms with van der Waals surface area (Å²) in [4.78, 5) is 19.5. The Morgan fingerprint density at radius 2 is 1.77 bits per heavy atom. The molecule has 3 aromatic carbocycles. The second-order valence-electron chi connectivity index (χ2n) is 7.38. The number of aliphatic imine (C=N–C) groups is 1. The molecule has 3 aromatic rings. The number of benzene rings is 3. The molecule has 1 heterocycles. The predicted molar refractivity (Wildman–Crippen MR) is 116 cm³/mol. The van der Waals surface area contributed by atoms with Crippen molar-refractivity contribution >= 4 is 23.1 Å². The van der Waals surface area contributed by atoms with Gasteiger partial charge >= 0.3 is 0 Å². The maximum Gasteiger partial charge on any atom is 0.255 e. The van der Waals surface area contributed by atoms with E-state index in [2.05, 4.69) is 24.1 Å². The number of nitrogens with one attached hydrogen (secondary N) is 1. The molecule has 0 atom stereocenters. The van der Waals surface area contributed by atoms with Gasteiger partial charge in [0.15, 0.2) is 5.75 Å². The van der Waals surface area contributed by atoms with Gasteiger partial charge in [0.1, 0.15) is 23.1 Å². The van der Waals surface area contributed by atoms with Crippen LogP contribution in [-0.4, -0.2) is 29.7 Å². The molecule has 30 heavy (non-hydrogen) atoms. The van der Waals surface area contributed by atoms with Crippen LogP contribution in [0.5, 0.6) is 11.5 Å². The van der Waals surface area contributed by atoms with Crippen molar-refractivity contribution in [1.29, 1.82) is 0 Å². The van der Waals surface area contributed by atoms with E-state index in [4.69, 9.17) is 9.73 Å². The number of carbonyl (C=O) groups excluding carboxylic acids is 1. The number of anilines is 1. The van der Waals surface area contributed by atoms with E-state index in [1.165, 1.54) is 24.3 Å². The Bertz CT molecular complexity index is 1120. The molecular weight excluding hydrogens is 381 g/mol. The summed E-state index contributed by atoms with van der Waals surface area (Å²) in [7, 11) is 1.98. The Hall–Kier alpha value is -3.67. The van der Waals surface area contributed by atoms with Crippen LogP contribution in [0.2, 0.25) is 0 Å². The van der Waals surface area contributed by atoms with E-state index in [9.17, 15) is 9.18 Å². The van der Waals surface area contributed by atoms with E-state index in [0.717, 1.165) is 17.1 Å². The summed E-state index contributed by atoms with van der Waals surface area (Å²) in [6.07, 6.45) is 0. The maximum atomic E-state index is 13.1. The van der Waals surface area contributed by atoms with Crippen molar-refractivity contribution in [2.75, 3.05) is 12.4 Å². The standard InChI is InChI=1S/C24H22FN3O2/c1-15(2)28(3)23-19-14-18(26-24(29)16-8-10-17(25)11-9-16)12-13-21(19)30-22-7-5-4-6-20(22)27-23/h4-15H,1-3H3,(H,26,29). The number of hydrogen-bond acceptors (Lipinski definition) is 4. The first kappa shape index (κ1) is 19.6. The zero-order valence-corrected chi connectivity index (χ0v) is 17.0. The number of hydrogen-bond donors (Lipinski definition) is 1. The highest BCUT2D eigenvalue weighted by atomic mass is 19.1. The van der Waals surface area contributed by atoms with Gasteiger partial charge in [0.05, 0.1) is 5.56 Å². The molecule has 0 bridgehead atoms. The van der Waals surface area contributed by atoms with Gasteiger partial charge in [-0.15, -0.1) is 0 Å². The minimum absolute atomic E-state index is 0.208. The molecule has 1 aliphatic heterocycles. The number of carbonyl (C=O) groups is 1. The highest BCUT2D eigenvalue weighted by Crippen LogP contribution is 2.39. The van der Waals surface area contributed by atoms with E-state index < -0.39 is 0 Å². The Balaban J connectivity index is 1.73. The molecule has 0 radical (unpaired) electrons. The molecule has 6 heteroatoms. The van der Waals surface area contributed by atoms with Gasteiger partial charge in [0.25, 0.3) is 5.91 Å². The van der Waals surface area contributed by atoms with Gasteiger partial charge in [0.2, 0.25) is 0 Å². The minimum Gasteiger partial charge on any atom is -0.454 e. The van der Waals surface area contributed by atoms with E-state index in [1.54, 1.807) is 6.07 Å². The average Bonchev–Trinajstić information content (AvgIpc) is 2.90. The van der Waals surface area contributed by atoms with Gasteiger partial charge < -0.3 is 15.0 Å². The summed E-state index contributed by atoms with van der Waals surface area (Å²) in [6, 6.07) is 18.7. The van der Waals surface area contributed by atoms with Gasteiger partial charge in [0, 0.05) is 24.3 Å². The molecule has 0 fully saturated rings. The van der Waals surface area contributed by atoms with Crippen LogP contribution in [0.1, 0.15) is 29.8 Å². The molecule has 5 nitrogen and oxygen atoms in total. The zero-order valence-electron chi connectivity index (χ0n) is 17.0. The summed E-state index contributed by atoms with van der Waals surface area (Å²) in [5.41, 5.74) is 2.50. The fourth-order valence-corrected chi connectivity index (χ4v) is 3.12. The SMILES string of the molecule is CC(C)N(C)C1=Nc2ccccc2Oc2ccc(NC(=O)c3ccc(F)cc3)cc21. The van der Waals surface area contributed by atoms with Crippen LogP contribution in [0, 0.1) is 5.82 Å². The smallest absolute Gasteiger partial charge is 0.255 e. The highest BCUT2D eigenvalue weighted by Gasteiger charge is 2.23. The summed E-state index contributed by atoms with van der Waals surface area (Å²) in [5, 5.41) is 2.87. The molecule has 0 unspecified atom stereocenters. The monoisotopic (exact) mass is 403 g/mol. The van der Waals surface area contributed by atoms with Crippen LogP contribution < -0.4 is 10.1 Å². The Labute approximate surface area is 174 Å². The molecular formula is C24H22FN3O2. The van der Waals surface area contributed by atoms with Crippen LogP contribution in [0.15, 0.2) is 71.7 Å². The molecule has 1 aliphatic rings. The lowest BCUT2D eigenvalue weighted by atomic mass is 10.1. The summed E-state index contributed by atoms with van der Waals surface area (Å²) in [6.45, 7) is 4.17. The molecule has 1 N–H and O–H groups in total. The van der Waals surface area contributed by atoms with Gasteiger partial charge in [-0.1, -0.05) is 12.1 Å². The topological polar surface area (TPSA) is 53.9 Å². The second kappa shape index (κ2) is 7.99. The first-order chi connectivity index (χ1) is 14.4. The largest absolute Gasteiger partial charge is 0.454 e. The Morgan fingerprint density at radius 3 is 2.50 bits per heavy atom. The second-order valence-corrected chi connectivity index (χ2v) is 7.38. The first-order valence-corrected chi connectivity index (χ1v) is 9.72. The van der Waals surface area contributed by atoms with Crippen molar-refractivity contribution in [3.8, 4) is 11.5 Å². The molecule has 0 saturated carbocycles. The van der Waals surface area contributed by atoms with E-state index in [1.807, 2.05) is 43.4 Å². The third-order valence-electron chi connectivity index (χ3n) is 5.00. The summed E-state index contributed by atoms with van der Waals surface area (Å²) < 4.78 is 19.3. The van der Waals surface area contributed by atoms with Crippen LogP contribution in [-0.2, 0) is 0 Å². The molecule has 0 saturated heterocycles. The Morgan fingerprint density at radius 1 is 1.03 bits per heavy atom. The third kappa shape index (κ3) is 3.89. The van der Waals surface area contributed by atoms with Crippen LogP contribution in [0.3, 0.4) is 0 Å². The Kier molecular flexibility index (Phi) is 5.23. The molecule has 152 valence electrons. The van der Waals surface area contributed by atoms with E-state index in [-0.39, 0.29) is 17.8 Å². The van der Waals surface area contributed by atoms with Crippen molar-refractivity contribution in [2.24, 2.45) is 4.99 Å². The lowest BCUT2D eigenvalue weighted by molar-refractivity contribution is 0.102. The fourth-order valence-electron chi connectivity index (χ4n) is 3.12. The van der Waals surface area contributed by atoms with Crippen LogP contribution in [0.25, 0.3) is 0 Å². The fraction of sp³-hybridized carbons (Fsp3) is 0.167. The third-order valence-corrected chi connectivity index (χ3v) is 5.00. The van der Waals surface area contributed by atoms with Gasteiger partial charge in [-0.2, -0.15) is 0 Å². The van der Waals surface area contributed by atoms with E-state index >= 15 is 0 Å². The minimum atomic E-state index is -0.383. The van der Waals surface area contributed by atoms with Crippen molar-refractivity contribution < 1.29 is 13.9 Å². The molecule has 0 spiro atoms. The van der Waals surface area contributed by atoms with Crippen LogP contribution in [0.4, 0.5) is 15.8 Å². The maximum absolute atomic E-state index is 13.1. The number of amides is 1. The van der Waals surface area contributed by atoms with Crippen LogP contribution >= 0.6 is 0 Å². The molecule has 0 aliphatic carbocycles. The number of nitrogens with zero attached hydrogens (tertiary/aromatic N) is 2. The number of ether oxygens (including phenoxy) is 1. The summed E-state index contributed by atoms with van der Waals surface area (Å²) in [5.74, 6) is 1.39. The number of fused-ring (bicyclic) bond motifs is 2. The summed E-state index contributed by atoms with van der Waals surface area (Å²) >= 11 is 0. The van der Waals surface area contributed by atoms with Crippen molar-refractivity contribution in [2.45, 2.75) is 19.9 Å². The lowest BCUT2D eigenvalue weighted by Gasteiger charge is -2.26. The highest BCUT2D eigenvalue weighted by molar-refractivity contribution is 6.07. The number of para-hydroxylation sites is 2. The van der Waals surface area contributed by atoms with Crippen molar-refractivity contribution in [3.05, 3.63) is 83.7 Å². The molecule has 0 aromatic heterocycles. The van der Waals surface area contributed by atoms with Gasteiger partial charge in [-0.3, -0.25) is 4.79 Å². The number of halogens is 1.